The van der Waals surface area contributed by atoms with E-state index in [0.29, 0.717) is 68.5 Å². The third-order valence-electron chi connectivity index (χ3n) is 33.7. The van der Waals surface area contributed by atoms with E-state index in [0.717, 1.165) is 173 Å². The van der Waals surface area contributed by atoms with E-state index in [2.05, 4.69) is 211 Å². The van der Waals surface area contributed by atoms with Gasteiger partial charge < -0.3 is 18.9 Å². The number of hydrogen-bond donors (Lipinski definition) is 0. The molecule has 12 rings (SSSR count). The first-order valence-corrected chi connectivity index (χ1v) is 48.2. The molecule has 0 bridgehead atoms. The van der Waals surface area contributed by atoms with Gasteiger partial charge in [-0.05, 0) is 449 Å². The van der Waals surface area contributed by atoms with Gasteiger partial charge in [-0.2, -0.15) is 0 Å². The van der Waals surface area contributed by atoms with Gasteiger partial charge in [0.2, 0.25) is 0 Å². The van der Waals surface area contributed by atoms with Crippen LogP contribution in [0.25, 0.3) is 0 Å². The quantitative estimate of drug-likeness (QED) is 0.0445. The van der Waals surface area contributed by atoms with Gasteiger partial charge in [-0.25, -0.2) is 0 Å². The molecule has 8 heteroatoms. The lowest BCUT2D eigenvalue weighted by atomic mass is 9.58. The van der Waals surface area contributed by atoms with Gasteiger partial charge in [0.15, 0.2) is 0 Å². The number of carbonyl (C=O) groups excluding carboxylic acids is 4. The molecule has 8 aliphatic rings. The molecule has 0 spiro atoms. The maximum absolute atomic E-state index is 13.0. The minimum atomic E-state index is 0.240. The van der Waals surface area contributed by atoms with Gasteiger partial charge in [-0.3, -0.25) is 19.2 Å². The number of Topliss-reactive ketones (excluding diaryl/α,β-unsaturated/α-hetero) is 4. The van der Waals surface area contributed by atoms with E-state index in [9.17, 15) is 19.2 Å². The molecule has 0 aliphatic heterocycles. The number of rotatable bonds is 32. The summed E-state index contributed by atoms with van der Waals surface area (Å²) in [7, 11) is 6.90. The van der Waals surface area contributed by atoms with E-state index in [-0.39, 0.29) is 23.7 Å². The normalized spacial score (nSPS) is 29.4. The van der Waals surface area contributed by atoms with Crippen molar-refractivity contribution in [1.82, 2.24) is 0 Å². The monoisotopic (exact) mass is 1640 g/mol. The molecule has 4 aromatic rings. The molecule has 0 saturated heterocycles. The Hall–Kier alpha value is -6.28. The SMILES string of the molecule is COc1ccc(C)c(CC[C@@H]2C(=O)CC[C@@]3(C)C2CC[C@@H]3[C@H](C)CCC=C(C)C)c1.COc1ccc(C)c(CC[C@@H]2C(=O)CC[C@]3(C)[C@@H]([C@H](C)CCC=C(C)C)CC[C@@H]23)c1.COc1ccc(C)c(CC[C@H]2C(=O)CC[C@@]3(C)C2CC[C@@H]3[C@H](C)CCC=C(C)C)c1.COc1ccc(C)c(CC[C@H]2C(=O)CC[C@]3(C)[C@@H]([C@H](C)CCC=C(C)C)CC[C@@H]23)c1. The van der Waals surface area contributed by atoms with Crippen molar-refractivity contribution in [2.45, 2.75) is 344 Å². The molecule has 0 N–H and O–H groups in total. The highest BCUT2D eigenvalue weighted by Gasteiger charge is 2.58. The van der Waals surface area contributed by atoms with E-state index in [1.807, 2.05) is 24.3 Å². The van der Waals surface area contributed by atoms with Crippen LogP contribution in [0, 0.1) is 144 Å². The first-order valence-electron chi connectivity index (χ1n) is 48.2. The van der Waals surface area contributed by atoms with Gasteiger partial charge in [0.05, 0.1) is 28.4 Å². The van der Waals surface area contributed by atoms with Crippen molar-refractivity contribution in [1.29, 1.82) is 0 Å². The molecular formula is C112H168O8. The maximum Gasteiger partial charge on any atom is 0.136 e. The van der Waals surface area contributed by atoms with E-state index >= 15 is 0 Å². The Bertz CT molecular complexity index is 3620. The number of aryl methyl sites for hydroxylation is 8. The summed E-state index contributed by atoms with van der Waals surface area (Å²) in [5.41, 5.74) is 17.6. The van der Waals surface area contributed by atoms with E-state index in [4.69, 9.17) is 18.9 Å². The second-order valence-corrected chi connectivity index (χ2v) is 42.1. The predicted molar refractivity (Wildman–Crippen MR) is 504 cm³/mol. The predicted octanol–water partition coefficient (Wildman–Crippen LogP) is 29.3. The summed E-state index contributed by atoms with van der Waals surface area (Å²) in [4.78, 5) is 52.0. The number of methoxy groups -OCH3 is 4. The van der Waals surface area contributed by atoms with Gasteiger partial charge in [-0.1, -0.05) is 126 Å². The number of hydrogen-bond acceptors (Lipinski definition) is 8. The van der Waals surface area contributed by atoms with E-state index < -0.39 is 0 Å². The zero-order chi connectivity index (χ0) is 87.6. The average molecular weight is 1640 g/mol. The number of allylic oxidation sites excluding steroid dienone is 8. The Balaban J connectivity index is 0.000000182. The number of carbonyl (C=O) groups is 4. The van der Waals surface area contributed by atoms with E-state index in [1.165, 1.54) is 170 Å². The highest BCUT2D eigenvalue weighted by molar-refractivity contribution is 5.84. The molecule has 20 atom stereocenters. The Kier molecular flexibility index (Phi) is 36.2. The zero-order valence-corrected chi connectivity index (χ0v) is 80.4. The summed E-state index contributed by atoms with van der Waals surface area (Å²) >= 11 is 0. The molecule has 0 amide bonds. The van der Waals surface area contributed by atoms with Crippen LogP contribution in [0.4, 0.5) is 0 Å². The molecule has 8 fully saturated rings. The molecule has 2 unspecified atom stereocenters. The Morgan fingerprint density at radius 2 is 0.517 bits per heavy atom. The van der Waals surface area contributed by atoms with Crippen molar-refractivity contribution in [2.24, 2.45) is 116 Å². The van der Waals surface area contributed by atoms with Crippen LogP contribution in [0.15, 0.2) is 119 Å². The molecular weight excluding hydrogens is 1470 g/mol. The second kappa shape index (κ2) is 44.5. The van der Waals surface area contributed by atoms with Crippen LogP contribution in [0.5, 0.6) is 23.0 Å². The van der Waals surface area contributed by atoms with Crippen LogP contribution in [-0.4, -0.2) is 51.6 Å². The summed E-state index contributed by atoms with van der Waals surface area (Å²) in [6, 6.07) is 25.3. The van der Waals surface area contributed by atoms with Gasteiger partial charge in [-0.15, -0.1) is 0 Å². The highest BCUT2D eigenvalue weighted by atomic mass is 16.5. The van der Waals surface area contributed by atoms with Crippen molar-refractivity contribution in [3.63, 3.8) is 0 Å². The molecule has 8 aliphatic carbocycles. The van der Waals surface area contributed by atoms with Crippen LogP contribution >= 0.6 is 0 Å². The zero-order valence-electron chi connectivity index (χ0n) is 80.4. The molecule has 4 aromatic carbocycles. The van der Waals surface area contributed by atoms with Gasteiger partial charge in [0, 0.05) is 49.4 Å². The van der Waals surface area contributed by atoms with Crippen LogP contribution < -0.4 is 18.9 Å². The highest BCUT2D eigenvalue weighted by Crippen LogP contribution is 2.64. The second-order valence-electron chi connectivity index (χ2n) is 42.1. The topological polar surface area (TPSA) is 105 Å². The third kappa shape index (κ3) is 24.2. The summed E-state index contributed by atoms with van der Waals surface area (Å²) in [5.74, 6) is 15.0. The first kappa shape index (κ1) is 97.5. The smallest absolute Gasteiger partial charge is 0.136 e. The van der Waals surface area contributed by atoms with Gasteiger partial charge in [0.25, 0.3) is 0 Å². The fourth-order valence-electron chi connectivity index (χ4n) is 26.5. The lowest BCUT2D eigenvalue weighted by Crippen LogP contribution is -2.43. The Morgan fingerprint density at radius 3 is 0.692 bits per heavy atom. The first-order chi connectivity index (χ1) is 57.0. The number of benzene rings is 4. The van der Waals surface area contributed by atoms with Gasteiger partial charge >= 0.3 is 0 Å². The molecule has 8 nitrogen and oxygen atoms in total. The number of ketones is 4. The lowest BCUT2D eigenvalue weighted by molar-refractivity contribution is -0.133. The third-order valence-corrected chi connectivity index (χ3v) is 33.7. The number of fused-ring (bicyclic) bond motifs is 4. The maximum atomic E-state index is 13.0. The fraction of sp³-hybridized carbons (Fsp3) is 0.679. The summed E-state index contributed by atoms with van der Waals surface area (Å²) in [6.45, 7) is 46.1. The standard InChI is InChI=1S/4C28H42O2/c4*1-19(2)8-7-9-21(4)25-14-15-26-24(27(29)16-17-28(25,26)5)13-11-22-18-23(30-6)12-10-20(22)3/h4*8,10,12,18,21,24-26H,7,9,11,13-17H2,1-6H3/t21-,24+,25-,26?,28-;21-,24+,25-,26+,28-;21-,24-,25-,26?,28-;21-,24-,25-,26+,28-/m1111/s1. The van der Waals surface area contributed by atoms with Crippen molar-refractivity contribution in [3.05, 3.63) is 164 Å². The van der Waals surface area contributed by atoms with Crippen LogP contribution in [0.2, 0.25) is 0 Å². The van der Waals surface area contributed by atoms with Crippen LogP contribution in [0.1, 0.15) is 335 Å². The molecule has 120 heavy (non-hydrogen) atoms. The van der Waals surface area contributed by atoms with Crippen molar-refractivity contribution >= 4 is 23.1 Å². The minimum absolute atomic E-state index is 0.240. The fourth-order valence-corrected chi connectivity index (χ4v) is 26.5. The molecule has 0 heterocycles. The Morgan fingerprint density at radius 1 is 0.325 bits per heavy atom. The number of ether oxygens (including phenoxy) is 4. The summed E-state index contributed by atoms with van der Waals surface area (Å²) < 4.78 is 21.7. The van der Waals surface area contributed by atoms with Crippen molar-refractivity contribution in [2.75, 3.05) is 28.4 Å². The Labute approximate surface area is 732 Å². The summed E-state index contributed by atoms with van der Waals surface area (Å²) in [5, 5.41) is 0. The van der Waals surface area contributed by atoms with Crippen LogP contribution in [0.3, 0.4) is 0 Å². The minimum Gasteiger partial charge on any atom is -0.497 e. The molecule has 664 valence electrons. The molecule has 0 aromatic heterocycles. The largest absolute Gasteiger partial charge is 0.497 e. The van der Waals surface area contributed by atoms with E-state index in [1.54, 1.807) is 28.4 Å². The molecule has 0 radical (unpaired) electrons. The molecule has 8 saturated carbocycles. The van der Waals surface area contributed by atoms with Gasteiger partial charge in [0.1, 0.15) is 46.1 Å². The van der Waals surface area contributed by atoms with Crippen molar-refractivity contribution < 1.29 is 38.1 Å². The lowest BCUT2D eigenvalue weighted by Gasteiger charge is -2.46. The average Bonchev–Trinajstić information content (AvgIpc) is 1.61. The van der Waals surface area contributed by atoms with Crippen molar-refractivity contribution in [3.8, 4) is 23.0 Å². The summed E-state index contributed by atoms with van der Waals surface area (Å²) in [6.07, 6.45) is 45.0. The van der Waals surface area contributed by atoms with Crippen LogP contribution in [-0.2, 0) is 44.9 Å².